The molecule has 104 valence electrons. The lowest BCUT2D eigenvalue weighted by Gasteiger charge is -2.34. The minimum atomic E-state index is 0.508. The summed E-state index contributed by atoms with van der Waals surface area (Å²) in [6.45, 7) is 11.4. The molecule has 1 N–H and O–H groups in total. The molecular formula is C15H28N2S. The molecule has 0 amide bonds. The van der Waals surface area contributed by atoms with Crippen molar-refractivity contribution in [3.05, 3.63) is 22.4 Å². The molecule has 1 heterocycles. The van der Waals surface area contributed by atoms with Crippen LogP contribution in [0.1, 0.15) is 45.0 Å². The molecule has 3 unspecified atom stereocenters. The molecule has 3 heteroatoms. The maximum atomic E-state index is 3.52. The first-order valence-corrected chi connectivity index (χ1v) is 7.91. The van der Waals surface area contributed by atoms with Crippen molar-refractivity contribution in [2.45, 2.75) is 46.2 Å². The molecule has 0 aromatic carbocycles. The predicted octanol–water partition coefficient (Wildman–Crippen LogP) is 3.77. The highest BCUT2D eigenvalue weighted by atomic mass is 32.1. The number of nitrogens with one attached hydrogen (secondary N) is 1. The lowest BCUT2D eigenvalue weighted by atomic mass is 10.0. The van der Waals surface area contributed by atoms with Crippen molar-refractivity contribution in [3.63, 3.8) is 0 Å². The molecule has 0 radical (unpaired) electrons. The summed E-state index contributed by atoms with van der Waals surface area (Å²) in [7, 11) is 2.24. The van der Waals surface area contributed by atoms with Crippen LogP contribution in [0.3, 0.4) is 0 Å². The second-order valence-electron chi connectivity index (χ2n) is 5.28. The lowest BCUT2D eigenvalue weighted by Crippen LogP contribution is -2.40. The molecule has 0 aliphatic carbocycles. The molecule has 0 spiro atoms. The van der Waals surface area contributed by atoms with E-state index in [1.807, 2.05) is 11.3 Å². The van der Waals surface area contributed by atoms with E-state index in [0.717, 1.165) is 13.1 Å². The zero-order valence-electron chi connectivity index (χ0n) is 12.4. The molecule has 0 bridgehead atoms. The van der Waals surface area contributed by atoms with Gasteiger partial charge < -0.3 is 5.32 Å². The van der Waals surface area contributed by atoms with Crippen LogP contribution in [-0.2, 0) is 0 Å². The summed E-state index contributed by atoms with van der Waals surface area (Å²) in [4.78, 5) is 3.95. The topological polar surface area (TPSA) is 15.3 Å². The fraction of sp³-hybridized carbons (Fsp3) is 0.733. The van der Waals surface area contributed by atoms with Crippen LogP contribution in [0.5, 0.6) is 0 Å². The molecule has 0 saturated heterocycles. The van der Waals surface area contributed by atoms with E-state index in [1.165, 1.54) is 11.3 Å². The van der Waals surface area contributed by atoms with Gasteiger partial charge in [0.25, 0.3) is 0 Å². The van der Waals surface area contributed by atoms with E-state index in [-0.39, 0.29) is 0 Å². The van der Waals surface area contributed by atoms with E-state index in [9.17, 15) is 0 Å². The van der Waals surface area contributed by atoms with Gasteiger partial charge in [0.1, 0.15) is 0 Å². The van der Waals surface area contributed by atoms with Gasteiger partial charge in [-0.25, -0.2) is 0 Å². The third-order valence-corrected chi connectivity index (χ3v) is 4.97. The summed E-state index contributed by atoms with van der Waals surface area (Å²) in [5.41, 5.74) is 0. The number of thiophene rings is 1. The Morgan fingerprint density at radius 1 is 1.33 bits per heavy atom. The van der Waals surface area contributed by atoms with E-state index in [4.69, 9.17) is 0 Å². The van der Waals surface area contributed by atoms with Crippen LogP contribution >= 0.6 is 11.3 Å². The van der Waals surface area contributed by atoms with Gasteiger partial charge in [0.05, 0.1) is 0 Å². The highest BCUT2D eigenvalue weighted by molar-refractivity contribution is 7.10. The average molecular weight is 268 g/mol. The Balaban J connectivity index is 2.46. The summed E-state index contributed by atoms with van der Waals surface area (Å²) in [6, 6.07) is 5.47. The fourth-order valence-corrected chi connectivity index (χ4v) is 3.00. The van der Waals surface area contributed by atoms with Gasteiger partial charge >= 0.3 is 0 Å². The first-order chi connectivity index (χ1) is 8.57. The van der Waals surface area contributed by atoms with Gasteiger partial charge in [-0.2, -0.15) is 0 Å². The predicted molar refractivity (Wildman–Crippen MR) is 82.3 cm³/mol. The fourth-order valence-electron chi connectivity index (χ4n) is 2.16. The normalized spacial score (nSPS) is 16.8. The molecular weight excluding hydrogens is 240 g/mol. The molecule has 1 aromatic rings. The van der Waals surface area contributed by atoms with Crippen molar-refractivity contribution >= 4 is 11.3 Å². The van der Waals surface area contributed by atoms with Crippen LogP contribution < -0.4 is 5.32 Å². The maximum Gasteiger partial charge on any atom is 0.0413 e. The van der Waals surface area contributed by atoms with Crippen molar-refractivity contribution in [1.29, 1.82) is 0 Å². The highest BCUT2D eigenvalue weighted by Crippen LogP contribution is 2.26. The van der Waals surface area contributed by atoms with E-state index < -0.39 is 0 Å². The average Bonchev–Trinajstić information content (AvgIpc) is 2.90. The third-order valence-electron chi connectivity index (χ3n) is 3.92. The zero-order valence-corrected chi connectivity index (χ0v) is 13.3. The van der Waals surface area contributed by atoms with Gasteiger partial charge in [0.15, 0.2) is 0 Å². The van der Waals surface area contributed by atoms with Crippen molar-refractivity contribution in [2.24, 2.45) is 5.92 Å². The Kier molecular flexibility index (Phi) is 6.90. The summed E-state index contributed by atoms with van der Waals surface area (Å²) in [5, 5.41) is 5.68. The maximum absolute atomic E-state index is 3.52. The third kappa shape index (κ3) is 4.38. The van der Waals surface area contributed by atoms with E-state index in [0.29, 0.717) is 18.0 Å². The van der Waals surface area contributed by atoms with Crippen molar-refractivity contribution in [2.75, 3.05) is 20.1 Å². The SMILES string of the molecule is CCCNCC(C)C(C)N(C)C(C)c1cccs1. The Hall–Kier alpha value is -0.380. The van der Waals surface area contributed by atoms with Crippen molar-refractivity contribution in [1.82, 2.24) is 10.2 Å². The molecule has 3 atom stereocenters. The van der Waals surface area contributed by atoms with Gasteiger partial charge in [0, 0.05) is 17.0 Å². The highest BCUT2D eigenvalue weighted by Gasteiger charge is 2.22. The van der Waals surface area contributed by atoms with Crippen LogP contribution in [-0.4, -0.2) is 31.1 Å². The minimum Gasteiger partial charge on any atom is -0.316 e. The number of rotatable bonds is 8. The van der Waals surface area contributed by atoms with Crippen LogP contribution in [0.2, 0.25) is 0 Å². The second kappa shape index (κ2) is 7.93. The van der Waals surface area contributed by atoms with Crippen LogP contribution in [0.15, 0.2) is 17.5 Å². The molecule has 2 nitrogen and oxygen atoms in total. The standard InChI is InChI=1S/C15H28N2S/c1-6-9-16-11-12(2)13(3)17(5)14(4)15-8-7-10-18-15/h7-8,10,12-14,16H,6,9,11H2,1-5H3. The Bertz CT molecular complexity index is 310. The molecule has 0 fully saturated rings. The van der Waals surface area contributed by atoms with Gasteiger partial charge in [-0.05, 0) is 57.8 Å². The summed E-state index contributed by atoms with van der Waals surface area (Å²) >= 11 is 1.85. The van der Waals surface area contributed by atoms with Gasteiger partial charge in [-0.1, -0.05) is 19.9 Å². The van der Waals surface area contributed by atoms with E-state index in [1.54, 1.807) is 0 Å². The molecule has 1 aromatic heterocycles. The minimum absolute atomic E-state index is 0.508. The Morgan fingerprint density at radius 2 is 2.06 bits per heavy atom. The second-order valence-corrected chi connectivity index (χ2v) is 6.26. The van der Waals surface area contributed by atoms with Crippen LogP contribution in [0.4, 0.5) is 0 Å². The smallest absolute Gasteiger partial charge is 0.0413 e. The molecule has 0 saturated carbocycles. The van der Waals surface area contributed by atoms with E-state index in [2.05, 4.69) is 62.5 Å². The Morgan fingerprint density at radius 3 is 2.61 bits per heavy atom. The first kappa shape index (κ1) is 15.7. The van der Waals surface area contributed by atoms with Crippen molar-refractivity contribution in [3.8, 4) is 0 Å². The number of hydrogen-bond acceptors (Lipinski definition) is 3. The largest absolute Gasteiger partial charge is 0.316 e. The monoisotopic (exact) mass is 268 g/mol. The lowest BCUT2D eigenvalue weighted by molar-refractivity contribution is 0.152. The first-order valence-electron chi connectivity index (χ1n) is 7.04. The van der Waals surface area contributed by atoms with Gasteiger partial charge in [-0.3, -0.25) is 4.90 Å². The number of nitrogens with zero attached hydrogens (tertiary/aromatic N) is 1. The molecule has 18 heavy (non-hydrogen) atoms. The summed E-state index contributed by atoms with van der Waals surface area (Å²) in [6.07, 6.45) is 1.21. The van der Waals surface area contributed by atoms with Gasteiger partial charge in [0.2, 0.25) is 0 Å². The van der Waals surface area contributed by atoms with Gasteiger partial charge in [-0.15, -0.1) is 11.3 Å². The van der Waals surface area contributed by atoms with Crippen LogP contribution in [0, 0.1) is 5.92 Å². The zero-order chi connectivity index (χ0) is 13.5. The van der Waals surface area contributed by atoms with Crippen molar-refractivity contribution < 1.29 is 0 Å². The summed E-state index contributed by atoms with van der Waals surface area (Å²) < 4.78 is 0. The Labute approximate surface area is 116 Å². The molecule has 0 aliphatic heterocycles. The molecule has 0 aliphatic rings. The quantitative estimate of drug-likeness (QED) is 0.722. The van der Waals surface area contributed by atoms with E-state index >= 15 is 0 Å². The molecule has 1 rings (SSSR count). The van der Waals surface area contributed by atoms with Crippen LogP contribution in [0.25, 0.3) is 0 Å². The number of hydrogen-bond donors (Lipinski definition) is 1. The summed E-state index contributed by atoms with van der Waals surface area (Å²) in [5.74, 6) is 0.670.